The normalized spacial score (nSPS) is 55.0. The van der Waals surface area contributed by atoms with Crippen LogP contribution in [0.3, 0.4) is 0 Å². The molecule has 6 fully saturated rings. The van der Waals surface area contributed by atoms with Gasteiger partial charge in [0.2, 0.25) is 0 Å². The minimum atomic E-state index is -0.886. The van der Waals surface area contributed by atoms with Gasteiger partial charge in [0.1, 0.15) is 6.17 Å². The smallest absolute Gasteiger partial charge is 0.174 e. The predicted molar refractivity (Wildman–Crippen MR) is 103 cm³/mol. The van der Waals surface area contributed by atoms with Gasteiger partial charge in [-0.25, -0.2) is 4.39 Å². The van der Waals surface area contributed by atoms with E-state index in [-0.39, 0.29) is 28.6 Å². The van der Waals surface area contributed by atoms with Crippen LogP contribution in [0, 0.1) is 34.5 Å². The van der Waals surface area contributed by atoms with Gasteiger partial charge in [0, 0.05) is 24.7 Å². The summed E-state index contributed by atoms with van der Waals surface area (Å²) in [5, 5.41) is 11.3. The number of ether oxygens (including phenoxy) is 4. The number of aliphatic hydroxyl groups is 1. The van der Waals surface area contributed by atoms with Crippen LogP contribution in [0.2, 0.25) is 0 Å². The molecule has 0 amide bonds. The molecule has 0 radical (unpaired) electrons. The molecule has 8 unspecified atom stereocenters. The second kappa shape index (κ2) is 6.16. The summed E-state index contributed by atoms with van der Waals surface area (Å²) in [5.74, 6) is -0.600. The lowest BCUT2D eigenvalue weighted by molar-refractivity contribution is -0.280. The predicted octanol–water partition coefficient (Wildman–Crippen LogP) is 3.43. The van der Waals surface area contributed by atoms with Gasteiger partial charge in [0.25, 0.3) is 0 Å². The average Bonchev–Trinajstić information content (AvgIpc) is 3.39. The molecule has 0 aromatic rings. The molecule has 5 nitrogen and oxygen atoms in total. The Labute approximate surface area is 172 Å². The fourth-order valence-corrected chi connectivity index (χ4v) is 8.93. The molecule has 6 rings (SSSR count). The lowest BCUT2D eigenvalue weighted by Crippen LogP contribution is -2.64. The molecule has 2 saturated heterocycles. The van der Waals surface area contributed by atoms with Crippen LogP contribution in [-0.2, 0) is 18.9 Å². The van der Waals surface area contributed by atoms with Crippen molar-refractivity contribution in [1.82, 2.24) is 0 Å². The average molecular weight is 411 g/mol. The molecule has 2 spiro atoms. The summed E-state index contributed by atoms with van der Waals surface area (Å²) in [4.78, 5) is 0. The lowest BCUT2D eigenvalue weighted by Gasteiger charge is -2.64. The van der Waals surface area contributed by atoms with Crippen LogP contribution in [0.5, 0.6) is 0 Å². The number of fused-ring (bicyclic) bond motifs is 6. The summed E-state index contributed by atoms with van der Waals surface area (Å²) in [6.07, 6.45) is 4.09. The second-order valence-electron chi connectivity index (χ2n) is 11.1. The Kier molecular flexibility index (Phi) is 4.12. The SMILES string of the molecule is CC12CCC3(CC1C(O)CC1C2C(F)CC2(C)C1CCC21OCCO1)OCCO3. The van der Waals surface area contributed by atoms with E-state index in [4.69, 9.17) is 18.9 Å². The van der Waals surface area contributed by atoms with Crippen LogP contribution in [-0.4, -0.2) is 55.4 Å². The number of halogens is 1. The fraction of sp³-hybridized carbons (Fsp3) is 1.00. The third-order valence-corrected chi connectivity index (χ3v) is 10.2. The van der Waals surface area contributed by atoms with Crippen molar-refractivity contribution in [2.45, 2.75) is 82.6 Å². The quantitative estimate of drug-likeness (QED) is 0.663. The first-order valence-corrected chi connectivity index (χ1v) is 11.7. The molecule has 2 heterocycles. The molecule has 6 heteroatoms. The van der Waals surface area contributed by atoms with Crippen molar-refractivity contribution in [3.63, 3.8) is 0 Å². The van der Waals surface area contributed by atoms with Crippen LogP contribution < -0.4 is 0 Å². The Balaban J connectivity index is 1.34. The van der Waals surface area contributed by atoms with Crippen LogP contribution in [0.1, 0.15) is 58.8 Å². The van der Waals surface area contributed by atoms with E-state index in [1.165, 1.54) is 0 Å². The van der Waals surface area contributed by atoms with Crippen molar-refractivity contribution in [1.29, 1.82) is 0 Å². The summed E-state index contributed by atoms with van der Waals surface area (Å²) >= 11 is 0. The van der Waals surface area contributed by atoms with Gasteiger partial charge in [-0.05, 0) is 54.8 Å². The summed E-state index contributed by atoms with van der Waals surface area (Å²) in [7, 11) is 0. The van der Waals surface area contributed by atoms with Gasteiger partial charge >= 0.3 is 0 Å². The molecular weight excluding hydrogens is 375 g/mol. The van der Waals surface area contributed by atoms with Crippen molar-refractivity contribution >= 4 is 0 Å². The second-order valence-corrected chi connectivity index (χ2v) is 11.1. The van der Waals surface area contributed by atoms with E-state index in [2.05, 4.69) is 13.8 Å². The Morgan fingerprint density at radius 1 is 0.862 bits per heavy atom. The van der Waals surface area contributed by atoms with Gasteiger partial charge in [-0.3, -0.25) is 0 Å². The number of alkyl halides is 1. The van der Waals surface area contributed by atoms with Gasteiger partial charge in [0.15, 0.2) is 11.6 Å². The molecule has 2 aliphatic heterocycles. The standard InChI is InChI=1S/C23H35FO5/c1-20-5-6-22(26-7-8-27-22)12-16(20)18(25)11-14-15-3-4-23(28-9-10-29-23)21(15,2)13-17(24)19(14)20/h14-19,25H,3-13H2,1-2H3. The Hall–Kier alpha value is -0.270. The highest BCUT2D eigenvalue weighted by atomic mass is 19.1. The monoisotopic (exact) mass is 410 g/mol. The van der Waals surface area contributed by atoms with Gasteiger partial charge in [-0.15, -0.1) is 0 Å². The maximum Gasteiger partial charge on any atom is 0.174 e. The maximum atomic E-state index is 16.1. The van der Waals surface area contributed by atoms with Crippen molar-refractivity contribution in [2.75, 3.05) is 26.4 Å². The molecule has 0 aromatic carbocycles. The van der Waals surface area contributed by atoms with Gasteiger partial charge in [-0.1, -0.05) is 13.8 Å². The van der Waals surface area contributed by atoms with E-state index in [0.29, 0.717) is 51.6 Å². The largest absolute Gasteiger partial charge is 0.393 e. The van der Waals surface area contributed by atoms with Crippen LogP contribution >= 0.6 is 0 Å². The molecule has 4 aliphatic carbocycles. The molecular formula is C23H35FO5. The number of hydrogen-bond donors (Lipinski definition) is 1. The van der Waals surface area contributed by atoms with Crippen molar-refractivity contribution in [2.24, 2.45) is 34.5 Å². The molecule has 8 atom stereocenters. The van der Waals surface area contributed by atoms with E-state index < -0.39 is 23.8 Å². The number of hydrogen-bond acceptors (Lipinski definition) is 5. The van der Waals surface area contributed by atoms with E-state index in [1.807, 2.05) is 0 Å². The summed E-state index contributed by atoms with van der Waals surface area (Å²) < 4.78 is 40.3. The first-order chi connectivity index (χ1) is 13.8. The Bertz CT molecular complexity index is 674. The molecule has 164 valence electrons. The van der Waals surface area contributed by atoms with Crippen LogP contribution in [0.4, 0.5) is 4.39 Å². The summed E-state index contributed by atoms with van der Waals surface area (Å²) in [5.41, 5.74) is -0.517. The van der Waals surface area contributed by atoms with E-state index in [1.54, 1.807) is 0 Å². The lowest BCUT2D eigenvalue weighted by atomic mass is 9.43. The molecule has 29 heavy (non-hydrogen) atoms. The summed E-state index contributed by atoms with van der Waals surface area (Å²) in [6, 6.07) is 0. The van der Waals surface area contributed by atoms with Gasteiger partial charge < -0.3 is 24.1 Å². The highest BCUT2D eigenvalue weighted by Gasteiger charge is 2.71. The minimum Gasteiger partial charge on any atom is -0.393 e. The highest BCUT2D eigenvalue weighted by Crippen LogP contribution is 2.70. The number of aliphatic hydroxyl groups excluding tert-OH is 1. The zero-order chi connectivity index (χ0) is 20.1. The van der Waals surface area contributed by atoms with Crippen LogP contribution in [0.15, 0.2) is 0 Å². The molecule has 4 saturated carbocycles. The Morgan fingerprint density at radius 3 is 2.28 bits per heavy atom. The third-order valence-electron chi connectivity index (χ3n) is 10.2. The minimum absolute atomic E-state index is 0.00992. The van der Waals surface area contributed by atoms with E-state index >= 15 is 4.39 Å². The Morgan fingerprint density at radius 2 is 1.55 bits per heavy atom. The molecule has 0 bridgehead atoms. The molecule has 0 aromatic heterocycles. The van der Waals surface area contributed by atoms with Crippen molar-refractivity contribution in [3.05, 3.63) is 0 Å². The zero-order valence-corrected chi connectivity index (χ0v) is 17.7. The van der Waals surface area contributed by atoms with Gasteiger partial charge in [-0.2, -0.15) is 0 Å². The number of rotatable bonds is 0. The van der Waals surface area contributed by atoms with Crippen molar-refractivity contribution in [3.8, 4) is 0 Å². The zero-order valence-electron chi connectivity index (χ0n) is 17.7. The third kappa shape index (κ3) is 2.39. The first kappa shape index (κ1) is 19.4. The van der Waals surface area contributed by atoms with E-state index in [9.17, 15) is 5.11 Å². The molecule has 6 aliphatic rings. The fourth-order valence-electron chi connectivity index (χ4n) is 8.93. The van der Waals surface area contributed by atoms with Crippen molar-refractivity contribution < 1.29 is 28.4 Å². The first-order valence-electron chi connectivity index (χ1n) is 11.7. The van der Waals surface area contributed by atoms with E-state index in [0.717, 1.165) is 25.7 Å². The topological polar surface area (TPSA) is 57.2 Å². The maximum absolute atomic E-state index is 16.1. The highest BCUT2D eigenvalue weighted by molar-refractivity contribution is 5.17. The van der Waals surface area contributed by atoms with Gasteiger partial charge in [0.05, 0.1) is 32.5 Å². The summed E-state index contributed by atoms with van der Waals surface area (Å²) in [6.45, 7) is 6.90. The molecule has 1 N–H and O–H groups in total. The van der Waals surface area contributed by atoms with Crippen LogP contribution in [0.25, 0.3) is 0 Å².